The number of rotatable bonds is 10. The molecular weight excluding hydrogens is 536 g/mol. The van der Waals surface area contributed by atoms with Gasteiger partial charge < -0.3 is 0 Å². The molecular formula is C37H40N2O4. The second-order valence-corrected chi connectivity index (χ2v) is 11.5. The maximum absolute atomic E-state index is 13.8. The monoisotopic (exact) mass is 576 g/mol. The molecule has 0 spiro atoms. The van der Waals surface area contributed by atoms with E-state index in [1.54, 1.807) is 0 Å². The number of hydrogen-bond acceptors (Lipinski definition) is 4. The van der Waals surface area contributed by atoms with Crippen molar-refractivity contribution in [3.05, 3.63) is 106 Å². The average Bonchev–Trinajstić information content (AvgIpc) is 3.51. The van der Waals surface area contributed by atoms with Gasteiger partial charge in [0.1, 0.15) is 0 Å². The van der Waals surface area contributed by atoms with E-state index in [1.807, 2.05) is 51.1 Å². The van der Waals surface area contributed by atoms with Crippen molar-refractivity contribution in [1.29, 1.82) is 0 Å². The Morgan fingerprint density at radius 3 is 1.56 bits per heavy atom. The fourth-order valence-electron chi connectivity index (χ4n) is 6.65. The maximum atomic E-state index is 13.8. The summed E-state index contributed by atoms with van der Waals surface area (Å²) in [5.74, 6) is -1.29. The van der Waals surface area contributed by atoms with Crippen LogP contribution in [-0.4, -0.2) is 23.6 Å². The Labute approximate surface area is 254 Å². The first-order valence-electron chi connectivity index (χ1n) is 15.5. The van der Waals surface area contributed by atoms with Gasteiger partial charge in [0.25, 0.3) is 11.8 Å². The van der Waals surface area contributed by atoms with Crippen molar-refractivity contribution in [1.82, 2.24) is 0 Å². The van der Waals surface area contributed by atoms with Crippen LogP contribution in [0.2, 0.25) is 0 Å². The Morgan fingerprint density at radius 2 is 1.12 bits per heavy atom. The molecule has 0 aliphatic carbocycles. The first-order chi connectivity index (χ1) is 20.7. The highest BCUT2D eigenvalue weighted by Crippen LogP contribution is 2.40. The Hall–Kier alpha value is -4.32. The number of imide groups is 2. The molecule has 0 aromatic heterocycles. The van der Waals surface area contributed by atoms with Crippen molar-refractivity contribution >= 4 is 35.0 Å². The van der Waals surface area contributed by atoms with Gasteiger partial charge in [0.05, 0.1) is 17.3 Å². The number of nitrogens with zero attached hydrogens (tertiary/aromatic N) is 2. The van der Waals surface area contributed by atoms with E-state index in [9.17, 15) is 19.2 Å². The lowest BCUT2D eigenvalue weighted by atomic mass is 9.86. The van der Waals surface area contributed by atoms with E-state index in [1.165, 1.54) is 22.0 Å². The van der Waals surface area contributed by atoms with Crippen LogP contribution in [0.3, 0.4) is 0 Å². The Balaban J connectivity index is 1.49. The van der Waals surface area contributed by atoms with E-state index in [-0.39, 0.29) is 41.9 Å². The molecule has 6 nitrogen and oxygen atoms in total. The van der Waals surface area contributed by atoms with Crippen molar-refractivity contribution in [3.8, 4) is 0 Å². The van der Waals surface area contributed by atoms with E-state index < -0.39 is 0 Å². The first-order valence-corrected chi connectivity index (χ1v) is 15.5. The van der Waals surface area contributed by atoms with Gasteiger partial charge in [-0.15, -0.1) is 0 Å². The van der Waals surface area contributed by atoms with Crippen LogP contribution in [0, 0.1) is 5.92 Å². The molecule has 6 heteroatoms. The predicted octanol–water partition coefficient (Wildman–Crippen LogP) is 6.64. The minimum Gasteiger partial charge on any atom is -0.274 e. The van der Waals surface area contributed by atoms with Gasteiger partial charge >= 0.3 is 0 Å². The third kappa shape index (κ3) is 5.58. The molecule has 1 saturated heterocycles. The molecule has 0 radical (unpaired) electrons. The summed E-state index contributed by atoms with van der Waals surface area (Å²) in [5, 5.41) is 0. The lowest BCUT2D eigenvalue weighted by Gasteiger charge is -2.25. The Kier molecular flexibility index (Phi) is 8.77. The van der Waals surface area contributed by atoms with Gasteiger partial charge in [-0.25, -0.2) is 9.80 Å². The van der Waals surface area contributed by atoms with Crippen molar-refractivity contribution in [2.75, 3.05) is 9.80 Å². The van der Waals surface area contributed by atoms with Gasteiger partial charge in [0, 0.05) is 18.6 Å². The fraction of sp³-hybridized carbons (Fsp3) is 0.351. The quantitative estimate of drug-likeness (QED) is 0.254. The summed E-state index contributed by atoms with van der Waals surface area (Å²) in [6.45, 7) is 10.2. The number of carbonyl (C=O) groups excluding carboxylic acids is 4. The molecule has 2 aliphatic heterocycles. The molecule has 1 fully saturated rings. The molecule has 4 amide bonds. The van der Waals surface area contributed by atoms with Crippen molar-refractivity contribution in [2.45, 2.75) is 79.1 Å². The summed E-state index contributed by atoms with van der Waals surface area (Å²) >= 11 is 0. The number of anilines is 2. The molecule has 5 rings (SSSR count). The zero-order valence-electron chi connectivity index (χ0n) is 25.8. The smallest absolute Gasteiger partial charge is 0.258 e. The molecule has 43 heavy (non-hydrogen) atoms. The van der Waals surface area contributed by atoms with Crippen LogP contribution in [0.5, 0.6) is 0 Å². The lowest BCUT2D eigenvalue weighted by molar-refractivity contribution is -0.123. The number of aryl methyl sites for hydroxylation is 4. The summed E-state index contributed by atoms with van der Waals surface area (Å²) in [5.41, 5.74) is 8.66. The molecule has 0 bridgehead atoms. The van der Waals surface area contributed by atoms with Crippen LogP contribution in [-0.2, 0) is 51.3 Å². The Bertz CT molecular complexity index is 1550. The highest BCUT2D eigenvalue weighted by Gasteiger charge is 2.43. The van der Waals surface area contributed by atoms with E-state index in [2.05, 4.69) is 38.1 Å². The number of hydrogen-bond donors (Lipinski definition) is 0. The van der Waals surface area contributed by atoms with Crippen molar-refractivity contribution in [2.24, 2.45) is 5.92 Å². The molecule has 2 unspecified atom stereocenters. The molecule has 3 aromatic carbocycles. The third-order valence-electron chi connectivity index (χ3n) is 8.95. The zero-order valence-corrected chi connectivity index (χ0v) is 25.8. The van der Waals surface area contributed by atoms with Crippen LogP contribution in [0.25, 0.3) is 0 Å². The van der Waals surface area contributed by atoms with Crippen LogP contribution < -0.4 is 9.80 Å². The maximum Gasteiger partial charge on any atom is 0.258 e. The molecule has 0 saturated carbocycles. The topological polar surface area (TPSA) is 74.8 Å². The van der Waals surface area contributed by atoms with Crippen LogP contribution in [0.1, 0.15) is 85.9 Å². The summed E-state index contributed by atoms with van der Waals surface area (Å²) < 4.78 is 0. The van der Waals surface area contributed by atoms with E-state index >= 15 is 0 Å². The standard InChI is InChI=1S/C37H40N2O4/c1-6-26-18-24(19-27(7-2)35(26)38-32(40)15-16-33(38)41)17-25-20-28(8-3)36(29(9-4)21-25)39-34(42)22-31(37(39)43)23(5)30-13-11-10-12-14-30/h10-16,18-21,23,31H,6-9,17,22H2,1-5H3. The van der Waals surface area contributed by atoms with E-state index in [0.717, 1.165) is 44.6 Å². The highest BCUT2D eigenvalue weighted by atomic mass is 16.2. The highest BCUT2D eigenvalue weighted by molar-refractivity contribution is 6.28. The Morgan fingerprint density at radius 1 is 0.674 bits per heavy atom. The van der Waals surface area contributed by atoms with Crippen LogP contribution in [0.4, 0.5) is 11.4 Å². The SMILES string of the molecule is CCc1cc(Cc2cc(CC)c(N3C(=O)CC(C(C)c4ccccc4)C3=O)c(CC)c2)cc(CC)c1N1C(=O)C=CC1=O. The molecule has 0 N–H and O–H groups in total. The third-order valence-corrected chi connectivity index (χ3v) is 8.95. The first kappa shape index (κ1) is 30.1. The zero-order chi connectivity index (χ0) is 30.8. The fourth-order valence-corrected chi connectivity index (χ4v) is 6.65. The molecule has 2 aliphatic rings. The number of benzene rings is 3. The molecule has 222 valence electrons. The number of amides is 4. The summed E-state index contributed by atoms with van der Waals surface area (Å²) in [7, 11) is 0. The average molecular weight is 577 g/mol. The minimum absolute atomic E-state index is 0.0532. The predicted molar refractivity (Wildman–Crippen MR) is 170 cm³/mol. The molecule has 3 aromatic rings. The van der Waals surface area contributed by atoms with Crippen LogP contribution in [0.15, 0.2) is 66.7 Å². The second-order valence-electron chi connectivity index (χ2n) is 11.5. The largest absolute Gasteiger partial charge is 0.274 e. The lowest BCUT2D eigenvalue weighted by Crippen LogP contribution is -2.33. The van der Waals surface area contributed by atoms with Gasteiger partial charge in [0.2, 0.25) is 11.8 Å². The van der Waals surface area contributed by atoms with Gasteiger partial charge in [-0.3, -0.25) is 19.2 Å². The normalized spacial score (nSPS) is 17.5. The van der Waals surface area contributed by atoms with Gasteiger partial charge in [-0.2, -0.15) is 0 Å². The van der Waals surface area contributed by atoms with Gasteiger partial charge in [0.15, 0.2) is 0 Å². The van der Waals surface area contributed by atoms with Crippen molar-refractivity contribution < 1.29 is 19.2 Å². The number of carbonyl (C=O) groups is 4. The van der Waals surface area contributed by atoms with E-state index in [4.69, 9.17) is 0 Å². The second kappa shape index (κ2) is 12.5. The minimum atomic E-state index is -0.382. The van der Waals surface area contributed by atoms with E-state index in [0.29, 0.717) is 37.8 Å². The van der Waals surface area contributed by atoms with Gasteiger partial charge in [-0.05, 0) is 77.0 Å². The summed E-state index contributed by atoms with van der Waals surface area (Å²) in [4.78, 5) is 55.0. The van der Waals surface area contributed by atoms with Gasteiger partial charge in [-0.1, -0.05) is 89.2 Å². The molecule has 2 heterocycles. The summed E-state index contributed by atoms with van der Waals surface area (Å²) in [6.07, 6.45) is 6.30. The molecule has 2 atom stereocenters. The van der Waals surface area contributed by atoms with Crippen LogP contribution >= 0.6 is 0 Å². The summed E-state index contributed by atoms with van der Waals surface area (Å²) in [6, 6.07) is 18.4. The van der Waals surface area contributed by atoms with Crippen molar-refractivity contribution in [3.63, 3.8) is 0 Å².